The highest BCUT2D eigenvalue weighted by Crippen LogP contribution is 2.48. The molecular formula is C20H22FNO2. The van der Waals surface area contributed by atoms with Crippen LogP contribution in [0, 0.1) is 12.7 Å². The van der Waals surface area contributed by atoms with E-state index in [4.69, 9.17) is 0 Å². The van der Waals surface area contributed by atoms with E-state index in [1.807, 2.05) is 12.1 Å². The van der Waals surface area contributed by atoms with Crippen molar-refractivity contribution in [1.29, 1.82) is 0 Å². The zero-order valence-electron chi connectivity index (χ0n) is 13.8. The largest absolute Gasteiger partial charge is 0.388 e. The molecule has 1 fully saturated rings. The highest BCUT2D eigenvalue weighted by atomic mass is 19.1. The van der Waals surface area contributed by atoms with Gasteiger partial charge >= 0.3 is 0 Å². The van der Waals surface area contributed by atoms with Gasteiger partial charge in [0.25, 0.3) is 0 Å². The van der Waals surface area contributed by atoms with E-state index in [0.29, 0.717) is 12.1 Å². The Morgan fingerprint density at radius 3 is 2.67 bits per heavy atom. The molecule has 0 aromatic heterocycles. The summed E-state index contributed by atoms with van der Waals surface area (Å²) in [4.78, 5) is 12.1. The molecule has 1 aliphatic rings. The normalized spacial score (nSPS) is 16.5. The van der Waals surface area contributed by atoms with Gasteiger partial charge < -0.3 is 10.4 Å². The Labute approximate surface area is 141 Å². The Kier molecular flexibility index (Phi) is 4.67. The molecule has 3 nitrogen and oxygen atoms in total. The fourth-order valence-electron chi connectivity index (χ4n) is 3.21. The summed E-state index contributed by atoms with van der Waals surface area (Å²) in [5, 5.41) is 13.0. The number of benzene rings is 2. The van der Waals surface area contributed by atoms with Crippen LogP contribution in [0.4, 0.5) is 4.39 Å². The summed E-state index contributed by atoms with van der Waals surface area (Å²) in [6.07, 6.45) is 1.07. The quantitative estimate of drug-likeness (QED) is 0.854. The molecule has 1 aliphatic carbocycles. The van der Waals surface area contributed by atoms with Crippen LogP contribution in [0.25, 0.3) is 0 Å². The molecule has 2 N–H and O–H groups in total. The van der Waals surface area contributed by atoms with Crippen molar-refractivity contribution in [3.8, 4) is 0 Å². The van der Waals surface area contributed by atoms with Crippen LogP contribution < -0.4 is 5.32 Å². The summed E-state index contributed by atoms with van der Waals surface area (Å²) in [7, 11) is 0. The van der Waals surface area contributed by atoms with Crippen LogP contribution in [-0.4, -0.2) is 17.6 Å². The summed E-state index contributed by atoms with van der Waals surface area (Å²) < 4.78 is 13.2. The molecule has 1 atom stereocenters. The smallest absolute Gasteiger partial charge is 0.222 e. The third-order valence-electron chi connectivity index (χ3n) is 4.81. The monoisotopic (exact) mass is 327 g/mol. The number of aliphatic hydroxyl groups excluding tert-OH is 1. The molecule has 1 saturated carbocycles. The van der Waals surface area contributed by atoms with E-state index in [-0.39, 0.29) is 17.7 Å². The third-order valence-corrected chi connectivity index (χ3v) is 4.81. The lowest BCUT2D eigenvalue weighted by molar-refractivity contribution is -0.123. The number of nitrogens with one attached hydrogen (secondary N) is 1. The average Bonchev–Trinajstić information content (AvgIpc) is 3.34. The van der Waals surface area contributed by atoms with E-state index >= 15 is 0 Å². The second-order valence-electron chi connectivity index (χ2n) is 6.65. The van der Waals surface area contributed by atoms with E-state index in [1.165, 1.54) is 29.3 Å². The number of carbonyl (C=O) groups is 1. The number of halogens is 1. The van der Waals surface area contributed by atoms with Gasteiger partial charge in [-0.1, -0.05) is 36.4 Å². The molecule has 0 heterocycles. The number of carbonyl (C=O) groups excluding carboxylic acids is 1. The summed E-state index contributed by atoms with van der Waals surface area (Å²) in [5.74, 6) is -0.630. The maximum atomic E-state index is 13.2. The minimum Gasteiger partial charge on any atom is -0.388 e. The summed E-state index contributed by atoms with van der Waals surface area (Å²) in [6.45, 7) is 2.66. The molecule has 0 aliphatic heterocycles. The molecular weight excluding hydrogens is 305 g/mol. The van der Waals surface area contributed by atoms with Crippen LogP contribution in [-0.2, 0) is 10.2 Å². The molecule has 0 bridgehead atoms. The van der Waals surface area contributed by atoms with Gasteiger partial charge in [-0.05, 0) is 48.6 Å². The lowest BCUT2D eigenvalue weighted by Gasteiger charge is -2.19. The van der Waals surface area contributed by atoms with Crippen LogP contribution >= 0.6 is 0 Å². The lowest BCUT2D eigenvalue weighted by Crippen LogP contribution is -2.33. The first-order valence-electron chi connectivity index (χ1n) is 8.26. The van der Waals surface area contributed by atoms with Crippen LogP contribution in [0.3, 0.4) is 0 Å². The van der Waals surface area contributed by atoms with Crippen molar-refractivity contribution < 1.29 is 14.3 Å². The van der Waals surface area contributed by atoms with Crippen LogP contribution in [0.1, 0.15) is 42.1 Å². The zero-order chi connectivity index (χ0) is 17.2. The Hall–Kier alpha value is -2.20. The lowest BCUT2D eigenvalue weighted by atomic mass is 9.92. The molecule has 1 unspecified atom stereocenters. The van der Waals surface area contributed by atoms with Crippen LogP contribution in [0.2, 0.25) is 0 Å². The average molecular weight is 327 g/mol. The summed E-state index contributed by atoms with van der Waals surface area (Å²) in [5.41, 5.74) is 2.98. The van der Waals surface area contributed by atoms with Crippen molar-refractivity contribution in [3.05, 3.63) is 71.0 Å². The molecule has 3 rings (SSSR count). The molecule has 126 valence electrons. The van der Waals surface area contributed by atoms with Crippen LogP contribution in [0.5, 0.6) is 0 Å². The Bertz CT molecular complexity index is 740. The molecule has 0 spiro atoms. The van der Waals surface area contributed by atoms with E-state index in [2.05, 4.69) is 24.4 Å². The first kappa shape index (κ1) is 16.7. The Morgan fingerprint density at radius 2 is 2.00 bits per heavy atom. The maximum Gasteiger partial charge on any atom is 0.222 e. The summed E-state index contributed by atoms with van der Waals surface area (Å²) >= 11 is 0. The molecule has 2 aromatic rings. The van der Waals surface area contributed by atoms with Gasteiger partial charge in [0.15, 0.2) is 0 Å². The highest BCUT2D eigenvalue weighted by Gasteiger charge is 2.45. The number of aryl methyl sites for hydroxylation is 1. The predicted octanol–water partition coefficient (Wildman–Crippen LogP) is 3.41. The summed E-state index contributed by atoms with van der Waals surface area (Å²) in [6, 6.07) is 14.0. The van der Waals surface area contributed by atoms with Crippen molar-refractivity contribution in [2.45, 2.75) is 37.7 Å². The van der Waals surface area contributed by atoms with E-state index in [9.17, 15) is 14.3 Å². The number of hydrogen-bond donors (Lipinski definition) is 2. The van der Waals surface area contributed by atoms with Gasteiger partial charge in [-0.25, -0.2) is 4.39 Å². The minimum atomic E-state index is -0.991. The first-order chi connectivity index (χ1) is 11.5. The van der Waals surface area contributed by atoms with Crippen molar-refractivity contribution >= 4 is 5.91 Å². The van der Waals surface area contributed by atoms with Gasteiger partial charge in [-0.3, -0.25) is 4.79 Å². The number of rotatable bonds is 6. The molecule has 1 amide bonds. The number of hydrogen-bond acceptors (Lipinski definition) is 2. The van der Waals surface area contributed by atoms with Gasteiger partial charge in [-0.15, -0.1) is 0 Å². The third kappa shape index (κ3) is 3.65. The second kappa shape index (κ2) is 6.73. The van der Waals surface area contributed by atoms with Crippen molar-refractivity contribution in [3.63, 3.8) is 0 Å². The predicted molar refractivity (Wildman–Crippen MR) is 91.1 cm³/mol. The molecule has 24 heavy (non-hydrogen) atoms. The van der Waals surface area contributed by atoms with E-state index in [1.54, 1.807) is 6.07 Å². The SMILES string of the molecule is Cc1ccccc1C1(CNC(=O)CC(O)c2cccc(F)c2)CC1. The van der Waals surface area contributed by atoms with Crippen LogP contribution in [0.15, 0.2) is 48.5 Å². The fourth-order valence-corrected chi connectivity index (χ4v) is 3.21. The number of aliphatic hydroxyl groups is 1. The maximum absolute atomic E-state index is 13.2. The second-order valence-corrected chi connectivity index (χ2v) is 6.65. The highest BCUT2D eigenvalue weighted by molar-refractivity contribution is 5.76. The van der Waals surface area contributed by atoms with Gasteiger partial charge in [0.2, 0.25) is 5.91 Å². The molecule has 2 aromatic carbocycles. The van der Waals surface area contributed by atoms with Crippen molar-refractivity contribution in [2.24, 2.45) is 0 Å². The van der Waals surface area contributed by atoms with E-state index in [0.717, 1.165) is 12.8 Å². The molecule has 0 radical (unpaired) electrons. The fraction of sp³-hybridized carbons (Fsp3) is 0.350. The standard InChI is InChI=1S/C20H22FNO2/c1-14-5-2-3-8-17(14)20(9-10-20)13-22-19(24)12-18(23)15-6-4-7-16(21)11-15/h2-8,11,18,23H,9-10,12-13H2,1H3,(H,22,24). The number of amides is 1. The van der Waals surface area contributed by atoms with Gasteiger partial charge in [0, 0.05) is 12.0 Å². The molecule has 4 heteroatoms. The van der Waals surface area contributed by atoms with E-state index < -0.39 is 11.9 Å². The van der Waals surface area contributed by atoms with Gasteiger partial charge in [-0.2, -0.15) is 0 Å². The molecule has 0 saturated heterocycles. The minimum absolute atomic E-state index is 0.0326. The first-order valence-corrected chi connectivity index (χ1v) is 8.26. The van der Waals surface area contributed by atoms with Gasteiger partial charge in [0.05, 0.1) is 12.5 Å². The Balaban J connectivity index is 1.57. The van der Waals surface area contributed by atoms with Crippen molar-refractivity contribution in [1.82, 2.24) is 5.32 Å². The Morgan fingerprint density at radius 1 is 1.25 bits per heavy atom. The van der Waals surface area contributed by atoms with Gasteiger partial charge in [0.1, 0.15) is 5.82 Å². The topological polar surface area (TPSA) is 49.3 Å². The zero-order valence-corrected chi connectivity index (χ0v) is 13.8. The van der Waals surface area contributed by atoms with Crippen molar-refractivity contribution in [2.75, 3.05) is 6.54 Å².